The highest BCUT2D eigenvalue weighted by Crippen LogP contribution is 2.21. The number of nitrogens with two attached hydrogens (primary N) is 1. The average molecular weight is 304 g/mol. The summed E-state index contributed by atoms with van der Waals surface area (Å²) in [5.41, 5.74) is 5.96. The topological polar surface area (TPSA) is 72.4 Å². The molecular formula is C13H19ClFN3O2. The normalized spacial score (nSPS) is 19.4. The fraction of sp³-hybridized carbons (Fsp3) is 0.538. The van der Waals surface area contributed by atoms with Gasteiger partial charge >= 0.3 is 0 Å². The van der Waals surface area contributed by atoms with E-state index in [9.17, 15) is 14.5 Å². The molecule has 1 saturated heterocycles. The molecule has 1 atom stereocenters. The molecule has 0 bridgehead atoms. The summed E-state index contributed by atoms with van der Waals surface area (Å²) in [4.78, 5) is 12.1. The second-order valence-corrected chi connectivity index (χ2v) is 5.01. The van der Waals surface area contributed by atoms with E-state index in [1.54, 1.807) is 0 Å². The van der Waals surface area contributed by atoms with Crippen LogP contribution in [0.25, 0.3) is 0 Å². The average Bonchev–Trinajstić information content (AvgIpc) is 2.41. The summed E-state index contributed by atoms with van der Waals surface area (Å²) in [6.45, 7) is 2.93. The Balaban J connectivity index is 0.00000200. The van der Waals surface area contributed by atoms with E-state index in [4.69, 9.17) is 5.73 Å². The van der Waals surface area contributed by atoms with Crippen molar-refractivity contribution in [2.75, 3.05) is 19.6 Å². The van der Waals surface area contributed by atoms with Crippen molar-refractivity contribution in [1.82, 2.24) is 4.90 Å². The van der Waals surface area contributed by atoms with Gasteiger partial charge in [0.15, 0.2) is 0 Å². The van der Waals surface area contributed by atoms with E-state index in [0.29, 0.717) is 24.6 Å². The summed E-state index contributed by atoms with van der Waals surface area (Å²) in [5, 5.41) is 10.6. The number of non-ortho nitro benzene ring substituents is 1. The van der Waals surface area contributed by atoms with Crippen LogP contribution in [0.15, 0.2) is 18.2 Å². The molecule has 7 heteroatoms. The summed E-state index contributed by atoms with van der Waals surface area (Å²) in [6, 6.07) is 3.84. The van der Waals surface area contributed by atoms with Gasteiger partial charge in [-0.15, -0.1) is 12.4 Å². The SMILES string of the molecule is Cl.NCC1CCCN(Cc2ccc([N+](=O)[O-])cc2F)C1. The van der Waals surface area contributed by atoms with Gasteiger partial charge in [-0.05, 0) is 37.9 Å². The van der Waals surface area contributed by atoms with Gasteiger partial charge in [0.05, 0.1) is 11.0 Å². The molecule has 1 unspecified atom stereocenters. The van der Waals surface area contributed by atoms with Crippen molar-refractivity contribution in [1.29, 1.82) is 0 Å². The summed E-state index contributed by atoms with van der Waals surface area (Å²) in [7, 11) is 0. The monoisotopic (exact) mass is 303 g/mol. The first-order chi connectivity index (χ1) is 9.10. The first-order valence-corrected chi connectivity index (χ1v) is 6.45. The van der Waals surface area contributed by atoms with Gasteiger partial charge in [-0.25, -0.2) is 4.39 Å². The Labute approximate surface area is 123 Å². The molecule has 1 fully saturated rings. The van der Waals surface area contributed by atoms with Gasteiger partial charge in [0.2, 0.25) is 0 Å². The molecule has 0 radical (unpaired) electrons. The van der Waals surface area contributed by atoms with Gasteiger partial charge in [-0.1, -0.05) is 0 Å². The third-order valence-corrected chi connectivity index (χ3v) is 3.58. The number of piperidine rings is 1. The van der Waals surface area contributed by atoms with Crippen LogP contribution in [0.5, 0.6) is 0 Å². The number of likely N-dealkylation sites (tertiary alicyclic amines) is 1. The van der Waals surface area contributed by atoms with Crippen molar-refractivity contribution < 1.29 is 9.31 Å². The quantitative estimate of drug-likeness (QED) is 0.684. The van der Waals surface area contributed by atoms with Crippen molar-refractivity contribution in [3.05, 3.63) is 39.7 Å². The molecule has 0 spiro atoms. The molecule has 2 N–H and O–H groups in total. The maximum atomic E-state index is 13.8. The molecule has 5 nitrogen and oxygen atoms in total. The van der Waals surface area contributed by atoms with Gasteiger partial charge in [-0.3, -0.25) is 15.0 Å². The highest BCUT2D eigenvalue weighted by atomic mass is 35.5. The predicted molar refractivity (Wildman–Crippen MR) is 77.4 cm³/mol. The standard InChI is InChI=1S/C13H18FN3O2.ClH/c14-13-6-12(17(18)19)4-3-11(13)9-16-5-1-2-10(7-15)8-16;/h3-4,6,10H,1-2,5,7-9,15H2;1H. The smallest absolute Gasteiger partial charge is 0.272 e. The molecule has 1 aromatic carbocycles. The molecular weight excluding hydrogens is 285 g/mol. The minimum absolute atomic E-state index is 0. The van der Waals surface area contributed by atoms with E-state index in [0.717, 1.165) is 32.0 Å². The van der Waals surface area contributed by atoms with Crippen molar-refractivity contribution in [3.63, 3.8) is 0 Å². The van der Waals surface area contributed by atoms with Crippen LogP contribution >= 0.6 is 12.4 Å². The lowest BCUT2D eigenvalue weighted by atomic mass is 9.98. The van der Waals surface area contributed by atoms with Gasteiger partial charge in [-0.2, -0.15) is 0 Å². The zero-order valence-corrected chi connectivity index (χ0v) is 11.9. The molecule has 0 aliphatic carbocycles. The number of nitro benzene ring substituents is 1. The lowest BCUT2D eigenvalue weighted by molar-refractivity contribution is -0.385. The number of rotatable bonds is 4. The molecule has 1 heterocycles. The second-order valence-electron chi connectivity index (χ2n) is 5.01. The predicted octanol–water partition coefficient (Wildman–Crippen LogP) is 2.33. The van der Waals surface area contributed by atoms with Crippen molar-refractivity contribution in [2.45, 2.75) is 19.4 Å². The molecule has 1 aromatic rings. The lowest BCUT2D eigenvalue weighted by Gasteiger charge is -2.32. The molecule has 1 aliphatic heterocycles. The Morgan fingerprint density at radius 2 is 2.25 bits per heavy atom. The number of hydrogen-bond acceptors (Lipinski definition) is 4. The second kappa shape index (κ2) is 7.52. The summed E-state index contributed by atoms with van der Waals surface area (Å²) in [6.07, 6.45) is 2.19. The highest BCUT2D eigenvalue weighted by molar-refractivity contribution is 5.85. The maximum absolute atomic E-state index is 13.8. The van der Waals surface area contributed by atoms with Crippen LogP contribution in [0.1, 0.15) is 18.4 Å². The highest BCUT2D eigenvalue weighted by Gasteiger charge is 2.20. The van der Waals surface area contributed by atoms with E-state index in [1.807, 2.05) is 0 Å². The number of nitrogens with zero attached hydrogens (tertiary/aromatic N) is 2. The van der Waals surface area contributed by atoms with Gasteiger partial charge in [0.25, 0.3) is 5.69 Å². The molecule has 112 valence electrons. The Hall–Kier alpha value is -1.24. The zero-order chi connectivity index (χ0) is 13.8. The summed E-state index contributed by atoms with van der Waals surface area (Å²) < 4.78 is 13.8. The first-order valence-electron chi connectivity index (χ1n) is 6.45. The van der Waals surface area contributed by atoms with E-state index < -0.39 is 10.7 Å². The molecule has 0 amide bonds. The molecule has 1 aliphatic rings. The van der Waals surface area contributed by atoms with E-state index in [1.165, 1.54) is 12.1 Å². The van der Waals surface area contributed by atoms with E-state index in [2.05, 4.69) is 4.90 Å². The Kier molecular flexibility index (Phi) is 6.32. The third kappa shape index (κ3) is 4.13. The fourth-order valence-corrected chi connectivity index (χ4v) is 2.51. The number of halogens is 2. The number of hydrogen-bond donors (Lipinski definition) is 1. The minimum Gasteiger partial charge on any atom is -0.330 e. The molecule has 2 rings (SSSR count). The van der Waals surface area contributed by atoms with Gasteiger partial charge in [0.1, 0.15) is 5.82 Å². The third-order valence-electron chi connectivity index (χ3n) is 3.58. The zero-order valence-electron chi connectivity index (χ0n) is 11.1. The van der Waals surface area contributed by atoms with Crippen molar-refractivity contribution in [3.8, 4) is 0 Å². The van der Waals surface area contributed by atoms with Crippen LogP contribution in [0, 0.1) is 21.8 Å². The van der Waals surface area contributed by atoms with Crippen LogP contribution in [0.4, 0.5) is 10.1 Å². The van der Waals surface area contributed by atoms with E-state index >= 15 is 0 Å². The van der Waals surface area contributed by atoms with Gasteiger partial charge in [0, 0.05) is 24.7 Å². The lowest BCUT2D eigenvalue weighted by Crippen LogP contribution is -2.38. The molecule has 20 heavy (non-hydrogen) atoms. The van der Waals surface area contributed by atoms with Crippen molar-refractivity contribution in [2.24, 2.45) is 11.7 Å². The van der Waals surface area contributed by atoms with Crippen LogP contribution in [-0.2, 0) is 6.54 Å². The Morgan fingerprint density at radius 1 is 1.50 bits per heavy atom. The largest absolute Gasteiger partial charge is 0.330 e. The summed E-state index contributed by atoms with van der Waals surface area (Å²) in [5.74, 6) is -0.0427. The van der Waals surface area contributed by atoms with Gasteiger partial charge < -0.3 is 5.73 Å². The van der Waals surface area contributed by atoms with Crippen LogP contribution < -0.4 is 5.73 Å². The maximum Gasteiger partial charge on any atom is 0.272 e. The summed E-state index contributed by atoms with van der Waals surface area (Å²) >= 11 is 0. The Bertz CT molecular complexity index is 473. The van der Waals surface area contributed by atoms with Crippen molar-refractivity contribution >= 4 is 18.1 Å². The Morgan fingerprint density at radius 3 is 2.85 bits per heavy atom. The van der Waals surface area contributed by atoms with E-state index in [-0.39, 0.29) is 18.1 Å². The van der Waals surface area contributed by atoms with Crippen LogP contribution in [-0.4, -0.2) is 29.5 Å². The molecule has 0 saturated carbocycles. The first kappa shape index (κ1) is 16.8. The van der Waals surface area contributed by atoms with Crippen LogP contribution in [0.3, 0.4) is 0 Å². The van der Waals surface area contributed by atoms with Crippen LogP contribution in [0.2, 0.25) is 0 Å². The minimum atomic E-state index is -0.585. The number of benzene rings is 1. The fourth-order valence-electron chi connectivity index (χ4n) is 2.51. The molecule has 0 aromatic heterocycles. The number of nitro groups is 1.